The van der Waals surface area contributed by atoms with Crippen LogP contribution in [0.15, 0.2) is 0 Å². The minimum Gasteiger partial charge on any atom is -0.305 e. The van der Waals surface area contributed by atoms with Gasteiger partial charge in [0.15, 0.2) is 0 Å². The molecule has 0 aromatic rings. The van der Waals surface area contributed by atoms with Crippen LogP contribution in [0, 0.1) is 0 Å². The Morgan fingerprint density at radius 1 is 1.40 bits per heavy atom. The lowest BCUT2D eigenvalue weighted by Gasteiger charge is -2.06. The van der Waals surface area contributed by atoms with Gasteiger partial charge in [-0.05, 0) is 0 Å². The maximum atomic E-state index is 11.2. The lowest BCUT2D eigenvalue weighted by atomic mass is 10.7. The third-order valence-electron chi connectivity index (χ3n) is 0.614. The minimum atomic E-state index is -4.55. The first-order valence-corrected chi connectivity index (χ1v) is 2.53. The van der Waals surface area contributed by atoms with Crippen LogP contribution in [0.4, 0.5) is 13.2 Å². The lowest BCUT2D eigenvalue weighted by molar-refractivity contribution is -0.324. The molecular formula is C4H8F3NO2. The fraction of sp³-hybridized carbons (Fsp3) is 1.00. The van der Waals surface area contributed by atoms with E-state index < -0.39 is 13.0 Å². The Balaban J connectivity index is 3.04. The second kappa shape index (κ2) is 4.48. The van der Waals surface area contributed by atoms with Crippen molar-refractivity contribution in [3.8, 4) is 0 Å². The normalized spacial score (nSPS) is 12.0. The van der Waals surface area contributed by atoms with Crippen LogP contribution in [0.5, 0.6) is 0 Å². The van der Waals surface area contributed by atoms with Crippen LogP contribution < -0.4 is 5.48 Å². The molecule has 1 N–H and O–H groups in total. The van der Waals surface area contributed by atoms with Crippen molar-refractivity contribution in [2.45, 2.75) is 6.36 Å². The molecule has 0 saturated heterocycles. The highest BCUT2D eigenvalue weighted by molar-refractivity contribution is 4.33. The predicted molar refractivity (Wildman–Crippen MR) is 27.0 cm³/mol. The van der Waals surface area contributed by atoms with E-state index in [1.165, 1.54) is 7.11 Å². The average Bonchev–Trinajstić information content (AvgIpc) is 1.78. The van der Waals surface area contributed by atoms with Crippen LogP contribution in [-0.2, 0) is 9.57 Å². The van der Waals surface area contributed by atoms with Crippen molar-refractivity contribution in [2.24, 2.45) is 0 Å². The van der Waals surface area contributed by atoms with E-state index in [-0.39, 0.29) is 6.54 Å². The smallest absolute Gasteiger partial charge is 0.305 e. The molecule has 0 fully saturated rings. The summed E-state index contributed by atoms with van der Waals surface area (Å²) in [6.45, 7) is -0.437. The van der Waals surface area contributed by atoms with Crippen molar-refractivity contribution in [3.63, 3.8) is 0 Å². The summed E-state index contributed by atoms with van der Waals surface area (Å²) >= 11 is 0. The molecule has 0 aliphatic carbocycles. The van der Waals surface area contributed by atoms with Gasteiger partial charge in [0.1, 0.15) is 0 Å². The van der Waals surface area contributed by atoms with E-state index in [1.54, 1.807) is 0 Å². The second-order valence-electron chi connectivity index (χ2n) is 1.39. The summed E-state index contributed by atoms with van der Waals surface area (Å²) in [7, 11) is 1.31. The molecule has 0 aliphatic rings. The number of alkyl halides is 3. The fourth-order valence-electron chi connectivity index (χ4n) is 0.310. The summed E-state index contributed by atoms with van der Waals surface area (Å²) in [5, 5.41) is 0. The van der Waals surface area contributed by atoms with Gasteiger partial charge in [0, 0.05) is 6.54 Å². The molecule has 0 aromatic heterocycles. The first kappa shape index (κ1) is 9.67. The van der Waals surface area contributed by atoms with Gasteiger partial charge in [0.25, 0.3) is 0 Å². The van der Waals surface area contributed by atoms with Crippen LogP contribution in [0.1, 0.15) is 0 Å². The molecule has 0 heterocycles. The summed E-state index contributed by atoms with van der Waals surface area (Å²) in [5.74, 6) is 0. The van der Waals surface area contributed by atoms with Crippen LogP contribution in [0.25, 0.3) is 0 Å². The molecule has 3 nitrogen and oxygen atoms in total. The number of hydrogen-bond acceptors (Lipinski definition) is 3. The SMILES string of the molecule is CONCCOC(F)(F)F. The molecule has 0 aliphatic heterocycles. The van der Waals surface area contributed by atoms with Crippen molar-refractivity contribution in [1.82, 2.24) is 5.48 Å². The predicted octanol–water partition coefficient (Wildman–Crippen LogP) is 0.674. The standard InChI is InChI=1S/C4H8F3NO2/c1-9-8-2-3-10-4(5,6)7/h8H,2-3H2,1H3. The Morgan fingerprint density at radius 2 is 2.00 bits per heavy atom. The molecule has 0 atom stereocenters. The molecule has 0 bridgehead atoms. The summed E-state index contributed by atoms with van der Waals surface area (Å²) in [6.07, 6.45) is -4.55. The monoisotopic (exact) mass is 159 g/mol. The van der Waals surface area contributed by atoms with E-state index in [1.807, 2.05) is 0 Å². The topological polar surface area (TPSA) is 30.5 Å². The van der Waals surface area contributed by atoms with Crippen molar-refractivity contribution < 1.29 is 22.7 Å². The highest BCUT2D eigenvalue weighted by atomic mass is 19.4. The Bertz CT molecular complexity index is 85.1. The Kier molecular flexibility index (Phi) is 4.33. The molecule has 0 amide bonds. The summed E-state index contributed by atoms with van der Waals surface area (Å²) in [4.78, 5) is 4.26. The average molecular weight is 159 g/mol. The quantitative estimate of drug-likeness (QED) is 0.483. The molecule has 62 valence electrons. The molecule has 10 heavy (non-hydrogen) atoms. The Hall–Kier alpha value is -0.330. The number of rotatable bonds is 4. The van der Waals surface area contributed by atoms with Gasteiger partial charge in [-0.15, -0.1) is 13.2 Å². The first-order chi connectivity index (χ1) is 4.56. The van der Waals surface area contributed by atoms with Gasteiger partial charge in [-0.3, -0.25) is 4.74 Å². The summed E-state index contributed by atoms with van der Waals surface area (Å²) < 4.78 is 37.0. The Morgan fingerprint density at radius 3 is 2.40 bits per heavy atom. The van der Waals surface area contributed by atoms with E-state index in [9.17, 15) is 13.2 Å². The maximum absolute atomic E-state index is 11.2. The van der Waals surface area contributed by atoms with Crippen molar-refractivity contribution in [3.05, 3.63) is 0 Å². The highest BCUT2D eigenvalue weighted by Crippen LogP contribution is 2.14. The number of hydroxylamine groups is 1. The zero-order chi connectivity index (χ0) is 8.04. The molecule has 0 rings (SSSR count). The number of ether oxygens (including phenoxy) is 1. The summed E-state index contributed by atoms with van der Waals surface area (Å²) in [6, 6.07) is 0. The lowest BCUT2D eigenvalue weighted by Crippen LogP contribution is -2.23. The van der Waals surface area contributed by atoms with Gasteiger partial charge in [-0.1, -0.05) is 0 Å². The van der Waals surface area contributed by atoms with Crippen LogP contribution in [0.2, 0.25) is 0 Å². The van der Waals surface area contributed by atoms with Crippen molar-refractivity contribution in [1.29, 1.82) is 0 Å². The maximum Gasteiger partial charge on any atom is 0.522 e. The van der Waals surface area contributed by atoms with Gasteiger partial charge >= 0.3 is 6.36 Å². The fourth-order valence-corrected chi connectivity index (χ4v) is 0.310. The van der Waals surface area contributed by atoms with Crippen LogP contribution >= 0.6 is 0 Å². The number of nitrogens with one attached hydrogen (secondary N) is 1. The van der Waals surface area contributed by atoms with Crippen LogP contribution in [0.3, 0.4) is 0 Å². The van der Waals surface area contributed by atoms with E-state index in [0.717, 1.165) is 0 Å². The molecule has 6 heteroatoms. The van der Waals surface area contributed by atoms with Crippen molar-refractivity contribution in [2.75, 3.05) is 20.3 Å². The molecule has 0 saturated carbocycles. The van der Waals surface area contributed by atoms with Gasteiger partial charge in [-0.25, -0.2) is 5.48 Å². The molecular weight excluding hydrogens is 151 g/mol. The highest BCUT2D eigenvalue weighted by Gasteiger charge is 2.28. The van der Waals surface area contributed by atoms with E-state index in [0.29, 0.717) is 0 Å². The third-order valence-corrected chi connectivity index (χ3v) is 0.614. The van der Waals surface area contributed by atoms with E-state index >= 15 is 0 Å². The molecule has 0 unspecified atom stereocenters. The van der Waals surface area contributed by atoms with Gasteiger partial charge in [-0.2, -0.15) is 0 Å². The van der Waals surface area contributed by atoms with Crippen LogP contribution in [-0.4, -0.2) is 26.6 Å². The van der Waals surface area contributed by atoms with Crippen molar-refractivity contribution >= 4 is 0 Å². The largest absolute Gasteiger partial charge is 0.522 e. The number of hydrogen-bond donors (Lipinski definition) is 1. The summed E-state index contributed by atoms with van der Waals surface area (Å²) in [5.41, 5.74) is 2.20. The molecule has 0 aromatic carbocycles. The third kappa shape index (κ3) is 7.67. The van der Waals surface area contributed by atoms with Gasteiger partial charge in [0.2, 0.25) is 0 Å². The van der Waals surface area contributed by atoms with Gasteiger partial charge < -0.3 is 4.84 Å². The molecule has 0 spiro atoms. The second-order valence-corrected chi connectivity index (χ2v) is 1.39. The zero-order valence-electron chi connectivity index (χ0n) is 5.36. The number of halogens is 3. The molecule has 0 radical (unpaired) electrons. The Labute approximate surface area is 56.1 Å². The van der Waals surface area contributed by atoms with Gasteiger partial charge in [0.05, 0.1) is 13.7 Å². The van der Waals surface area contributed by atoms with E-state index in [2.05, 4.69) is 15.1 Å². The van der Waals surface area contributed by atoms with E-state index in [4.69, 9.17) is 0 Å². The first-order valence-electron chi connectivity index (χ1n) is 2.53. The minimum absolute atomic E-state index is 0.00993. The zero-order valence-corrected chi connectivity index (χ0v) is 5.36.